The Bertz CT molecular complexity index is 620. The summed E-state index contributed by atoms with van der Waals surface area (Å²) in [6, 6.07) is 14.6. The van der Waals surface area contributed by atoms with Crippen molar-refractivity contribution in [2.75, 3.05) is 18.5 Å². The molecule has 24 heavy (non-hydrogen) atoms. The molecule has 0 fully saturated rings. The Kier molecular flexibility index (Phi) is 7.15. The first-order valence-electron chi connectivity index (χ1n) is 8.50. The molecule has 0 saturated heterocycles. The van der Waals surface area contributed by atoms with Gasteiger partial charge in [-0.05, 0) is 61.9 Å². The fourth-order valence-electron chi connectivity index (χ4n) is 2.25. The summed E-state index contributed by atoms with van der Waals surface area (Å²) in [5.41, 5.74) is 1.34. The van der Waals surface area contributed by atoms with Gasteiger partial charge in [0.1, 0.15) is 11.5 Å². The lowest BCUT2D eigenvalue weighted by Gasteiger charge is -2.09. The first-order chi connectivity index (χ1) is 11.7. The Morgan fingerprint density at radius 3 is 2.12 bits per heavy atom. The lowest BCUT2D eigenvalue weighted by molar-refractivity contribution is 0.102. The zero-order chi connectivity index (χ0) is 17.2. The first-order valence-corrected chi connectivity index (χ1v) is 8.50. The van der Waals surface area contributed by atoms with Gasteiger partial charge in [-0.3, -0.25) is 4.79 Å². The molecule has 0 radical (unpaired) electrons. The van der Waals surface area contributed by atoms with Crippen molar-refractivity contribution in [1.29, 1.82) is 0 Å². The molecule has 1 N–H and O–H groups in total. The second-order valence-corrected chi connectivity index (χ2v) is 5.49. The molecule has 1 amide bonds. The molecule has 4 heteroatoms. The van der Waals surface area contributed by atoms with Crippen molar-refractivity contribution in [3.8, 4) is 11.5 Å². The van der Waals surface area contributed by atoms with Gasteiger partial charge in [-0.1, -0.05) is 19.8 Å². The van der Waals surface area contributed by atoms with Crippen LogP contribution in [0, 0.1) is 0 Å². The minimum Gasteiger partial charge on any atom is -0.494 e. The van der Waals surface area contributed by atoms with E-state index < -0.39 is 0 Å². The number of nitrogens with one attached hydrogen (secondary N) is 1. The van der Waals surface area contributed by atoms with E-state index in [1.54, 1.807) is 12.1 Å². The van der Waals surface area contributed by atoms with Crippen LogP contribution in [0.2, 0.25) is 0 Å². The zero-order valence-electron chi connectivity index (χ0n) is 14.4. The van der Waals surface area contributed by atoms with E-state index in [0.717, 1.165) is 23.6 Å². The number of carbonyl (C=O) groups excluding carboxylic acids is 1. The molecule has 2 aromatic carbocycles. The number of amides is 1. The Balaban J connectivity index is 1.87. The SMILES string of the molecule is CCCCCOc1ccc(C(=O)Nc2ccc(OCC)cc2)cc1. The van der Waals surface area contributed by atoms with Crippen LogP contribution < -0.4 is 14.8 Å². The smallest absolute Gasteiger partial charge is 0.255 e. The third-order valence-electron chi connectivity index (χ3n) is 3.56. The number of unbranched alkanes of at least 4 members (excludes halogenated alkanes) is 2. The van der Waals surface area contributed by atoms with Gasteiger partial charge >= 0.3 is 0 Å². The maximum absolute atomic E-state index is 12.3. The minimum atomic E-state index is -0.142. The second kappa shape index (κ2) is 9.60. The summed E-state index contributed by atoms with van der Waals surface area (Å²) in [7, 11) is 0. The highest BCUT2D eigenvalue weighted by Gasteiger charge is 2.06. The molecule has 0 aliphatic carbocycles. The number of anilines is 1. The molecule has 0 aliphatic rings. The lowest BCUT2D eigenvalue weighted by Crippen LogP contribution is -2.11. The molecule has 0 aliphatic heterocycles. The average Bonchev–Trinajstić information content (AvgIpc) is 2.61. The number of hydrogen-bond donors (Lipinski definition) is 1. The quantitative estimate of drug-likeness (QED) is 0.666. The maximum atomic E-state index is 12.3. The predicted molar refractivity (Wildman–Crippen MR) is 97.0 cm³/mol. The Morgan fingerprint density at radius 1 is 0.875 bits per heavy atom. The molecular weight excluding hydrogens is 302 g/mol. The summed E-state index contributed by atoms with van der Waals surface area (Å²) in [5.74, 6) is 1.44. The van der Waals surface area contributed by atoms with Crippen molar-refractivity contribution in [3.63, 3.8) is 0 Å². The molecule has 0 atom stereocenters. The number of rotatable bonds is 9. The molecule has 0 spiro atoms. The van der Waals surface area contributed by atoms with Crippen molar-refractivity contribution in [3.05, 3.63) is 54.1 Å². The van der Waals surface area contributed by atoms with E-state index >= 15 is 0 Å². The van der Waals surface area contributed by atoms with Crippen LogP contribution in [0.3, 0.4) is 0 Å². The largest absolute Gasteiger partial charge is 0.494 e. The van der Waals surface area contributed by atoms with Crippen LogP contribution in [0.15, 0.2) is 48.5 Å². The lowest BCUT2D eigenvalue weighted by atomic mass is 10.2. The number of carbonyl (C=O) groups is 1. The van der Waals surface area contributed by atoms with Gasteiger partial charge < -0.3 is 14.8 Å². The van der Waals surface area contributed by atoms with Gasteiger partial charge in [0.15, 0.2) is 0 Å². The standard InChI is InChI=1S/C20H25NO3/c1-3-5-6-15-24-19-11-7-16(8-12-19)20(22)21-17-9-13-18(14-10-17)23-4-2/h7-14H,3-6,15H2,1-2H3,(H,21,22). The fourth-order valence-corrected chi connectivity index (χ4v) is 2.25. The van der Waals surface area contributed by atoms with Crippen LogP contribution in [0.5, 0.6) is 11.5 Å². The predicted octanol–water partition coefficient (Wildman–Crippen LogP) is 4.91. The van der Waals surface area contributed by atoms with Crippen LogP contribution in [0.4, 0.5) is 5.69 Å². The van der Waals surface area contributed by atoms with Crippen molar-refractivity contribution in [2.45, 2.75) is 33.1 Å². The minimum absolute atomic E-state index is 0.142. The highest BCUT2D eigenvalue weighted by Crippen LogP contribution is 2.18. The molecule has 128 valence electrons. The Hall–Kier alpha value is -2.49. The molecule has 0 bridgehead atoms. The van der Waals surface area contributed by atoms with Crippen LogP contribution >= 0.6 is 0 Å². The number of ether oxygens (including phenoxy) is 2. The van der Waals surface area contributed by atoms with Crippen LogP contribution in [0.1, 0.15) is 43.5 Å². The zero-order valence-corrected chi connectivity index (χ0v) is 14.4. The first kappa shape index (κ1) is 17.9. The van der Waals surface area contributed by atoms with E-state index in [0.29, 0.717) is 18.8 Å². The van der Waals surface area contributed by atoms with E-state index in [2.05, 4.69) is 12.2 Å². The second-order valence-electron chi connectivity index (χ2n) is 5.49. The number of hydrogen-bond acceptors (Lipinski definition) is 3. The van der Waals surface area contributed by atoms with Gasteiger partial charge in [-0.15, -0.1) is 0 Å². The van der Waals surface area contributed by atoms with E-state index in [4.69, 9.17) is 9.47 Å². The van der Waals surface area contributed by atoms with Crippen molar-refractivity contribution in [1.82, 2.24) is 0 Å². The summed E-state index contributed by atoms with van der Waals surface area (Å²) < 4.78 is 11.0. The van der Waals surface area contributed by atoms with Gasteiger partial charge in [0.2, 0.25) is 0 Å². The molecule has 0 unspecified atom stereocenters. The van der Waals surface area contributed by atoms with Gasteiger partial charge in [-0.2, -0.15) is 0 Å². The molecule has 2 rings (SSSR count). The van der Waals surface area contributed by atoms with Crippen LogP contribution in [-0.2, 0) is 0 Å². The van der Waals surface area contributed by atoms with E-state index in [9.17, 15) is 4.79 Å². The monoisotopic (exact) mass is 327 g/mol. The van der Waals surface area contributed by atoms with Crippen molar-refractivity contribution >= 4 is 11.6 Å². The van der Waals surface area contributed by atoms with E-state index in [1.165, 1.54) is 12.8 Å². The molecular formula is C20H25NO3. The third kappa shape index (κ3) is 5.61. The molecule has 4 nitrogen and oxygen atoms in total. The Morgan fingerprint density at radius 2 is 1.50 bits per heavy atom. The summed E-state index contributed by atoms with van der Waals surface area (Å²) in [4.78, 5) is 12.3. The summed E-state index contributed by atoms with van der Waals surface area (Å²) >= 11 is 0. The van der Waals surface area contributed by atoms with Crippen LogP contribution in [0.25, 0.3) is 0 Å². The summed E-state index contributed by atoms with van der Waals surface area (Å²) in [5, 5.41) is 2.87. The average molecular weight is 327 g/mol. The Labute approximate surface area is 143 Å². The highest BCUT2D eigenvalue weighted by atomic mass is 16.5. The fraction of sp³-hybridized carbons (Fsp3) is 0.350. The van der Waals surface area contributed by atoms with Gasteiger partial charge in [0.25, 0.3) is 5.91 Å². The van der Waals surface area contributed by atoms with Gasteiger partial charge in [0, 0.05) is 11.3 Å². The van der Waals surface area contributed by atoms with Gasteiger partial charge in [0.05, 0.1) is 13.2 Å². The van der Waals surface area contributed by atoms with Crippen molar-refractivity contribution in [2.24, 2.45) is 0 Å². The summed E-state index contributed by atoms with van der Waals surface area (Å²) in [6.45, 7) is 5.44. The molecule has 2 aromatic rings. The van der Waals surface area contributed by atoms with E-state index in [1.807, 2.05) is 43.3 Å². The van der Waals surface area contributed by atoms with E-state index in [-0.39, 0.29) is 5.91 Å². The van der Waals surface area contributed by atoms with Crippen molar-refractivity contribution < 1.29 is 14.3 Å². The third-order valence-corrected chi connectivity index (χ3v) is 3.56. The topological polar surface area (TPSA) is 47.6 Å². The number of benzene rings is 2. The molecule has 0 heterocycles. The molecule has 0 saturated carbocycles. The molecule has 0 aromatic heterocycles. The summed E-state index contributed by atoms with van der Waals surface area (Å²) in [6.07, 6.45) is 3.40. The normalized spacial score (nSPS) is 10.2. The van der Waals surface area contributed by atoms with Gasteiger partial charge in [-0.25, -0.2) is 0 Å². The highest BCUT2D eigenvalue weighted by molar-refractivity contribution is 6.04. The van der Waals surface area contributed by atoms with Crippen LogP contribution in [-0.4, -0.2) is 19.1 Å². The maximum Gasteiger partial charge on any atom is 0.255 e.